The molecule has 0 aliphatic carbocycles. The van der Waals surface area contributed by atoms with Crippen LogP contribution >= 0.6 is 0 Å². The largest absolute Gasteiger partial charge is 0.381 e. The first-order valence-electron chi connectivity index (χ1n) is 5.70. The first-order valence-corrected chi connectivity index (χ1v) is 5.70. The average Bonchev–Trinajstić information content (AvgIpc) is 2.64. The fourth-order valence-electron chi connectivity index (χ4n) is 2.03. The van der Waals surface area contributed by atoms with Crippen molar-refractivity contribution >= 4 is 0 Å². The number of hydrogen-bond acceptors (Lipinski definition) is 3. The Morgan fingerprint density at radius 1 is 1.50 bits per heavy atom. The molecular weight excluding hydrogens is 176 g/mol. The van der Waals surface area contributed by atoms with E-state index < -0.39 is 0 Å². The minimum absolute atomic E-state index is 0.643. The third-order valence-corrected chi connectivity index (χ3v) is 2.89. The molecule has 1 aliphatic heterocycles. The fraction of sp³-hybridized carbons (Fsp3) is 1.00. The molecule has 0 aromatic carbocycles. The highest BCUT2D eigenvalue weighted by molar-refractivity contribution is 4.79. The molecule has 0 aromatic rings. The van der Waals surface area contributed by atoms with Crippen LogP contribution in [0.25, 0.3) is 0 Å². The van der Waals surface area contributed by atoms with Crippen LogP contribution in [-0.4, -0.2) is 51.3 Å². The van der Waals surface area contributed by atoms with Crippen molar-refractivity contribution in [1.29, 1.82) is 0 Å². The van der Waals surface area contributed by atoms with Gasteiger partial charge in [0, 0.05) is 12.6 Å². The van der Waals surface area contributed by atoms with Gasteiger partial charge in [-0.2, -0.15) is 0 Å². The second-order valence-corrected chi connectivity index (χ2v) is 4.38. The van der Waals surface area contributed by atoms with E-state index in [1.54, 1.807) is 0 Å². The maximum atomic E-state index is 5.44. The summed E-state index contributed by atoms with van der Waals surface area (Å²) in [4.78, 5) is 2.25. The van der Waals surface area contributed by atoms with Gasteiger partial charge in [-0.3, -0.25) is 0 Å². The Hall–Kier alpha value is -0.120. The van der Waals surface area contributed by atoms with E-state index in [0.29, 0.717) is 6.04 Å². The van der Waals surface area contributed by atoms with E-state index in [1.165, 1.54) is 12.8 Å². The lowest BCUT2D eigenvalue weighted by molar-refractivity contribution is 0.173. The van der Waals surface area contributed by atoms with E-state index in [4.69, 9.17) is 4.74 Å². The van der Waals surface area contributed by atoms with Gasteiger partial charge >= 0.3 is 0 Å². The Morgan fingerprint density at radius 2 is 2.29 bits per heavy atom. The van der Waals surface area contributed by atoms with E-state index in [9.17, 15) is 0 Å². The standard InChI is InChI=1S/C11H24N2O/c1-4-12-11(5-7-13(2)3)10-6-8-14-9-10/h10-12H,4-9H2,1-3H3. The SMILES string of the molecule is CCNC(CCN(C)C)C1CCOC1. The lowest BCUT2D eigenvalue weighted by atomic mass is 9.96. The Morgan fingerprint density at radius 3 is 2.79 bits per heavy atom. The van der Waals surface area contributed by atoms with E-state index in [2.05, 4.69) is 31.2 Å². The molecule has 0 saturated carbocycles. The van der Waals surface area contributed by atoms with Gasteiger partial charge in [0.15, 0.2) is 0 Å². The van der Waals surface area contributed by atoms with E-state index in [0.717, 1.165) is 32.2 Å². The summed E-state index contributed by atoms with van der Waals surface area (Å²) in [6.45, 7) is 6.31. The topological polar surface area (TPSA) is 24.5 Å². The van der Waals surface area contributed by atoms with Crippen LogP contribution in [0.15, 0.2) is 0 Å². The maximum absolute atomic E-state index is 5.44. The summed E-state index contributed by atoms with van der Waals surface area (Å²) in [5, 5.41) is 3.57. The Balaban J connectivity index is 2.29. The average molecular weight is 200 g/mol. The number of rotatable bonds is 6. The van der Waals surface area contributed by atoms with Gasteiger partial charge in [0.05, 0.1) is 6.61 Å². The van der Waals surface area contributed by atoms with Gasteiger partial charge in [0.2, 0.25) is 0 Å². The quantitative estimate of drug-likeness (QED) is 0.691. The smallest absolute Gasteiger partial charge is 0.0510 e. The summed E-state index contributed by atoms with van der Waals surface area (Å²) in [6.07, 6.45) is 2.46. The zero-order chi connectivity index (χ0) is 10.4. The van der Waals surface area contributed by atoms with Gasteiger partial charge in [0.25, 0.3) is 0 Å². The van der Waals surface area contributed by atoms with Crippen LogP contribution in [0.5, 0.6) is 0 Å². The zero-order valence-corrected chi connectivity index (χ0v) is 9.75. The molecule has 2 atom stereocenters. The van der Waals surface area contributed by atoms with Gasteiger partial charge in [-0.1, -0.05) is 6.92 Å². The third kappa shape index (κ3) is 3.95. The van der Waals surface area contributed by atoms with Crippen molar-refractivity contribution in [1.82, 2.24) is 10.2 Å². The molecule has 1 aliphatic rings. The van der Waals surface area contributed by atoms with Crippen molar-refractivity contribution in [3.63, 3.8) is 0 Å². The first-order chi connectivity index (χ1) is 6.74. The van der Waals surface area contributed by atoms with Gasteiger partial charge < -0.3 is 15.0 Å². The maximum Gasteiger partial charge on any atom is 0.0510 e. The van der Waals surface area contributed by atoms with Crippen LogP contribution in [0.1, 0.15) is 19.8 Å². The molecule has 1 fully saturated rings. The second kappa shape index (κ2) is 6.38. The molecule has 0 aromatic heterocycles. The van der Waals surface area contributed by atoms with E-state index in [-0.39, 0.29) is 0 Å². The van der Waals surface area contributed by atoms with Crippen molar-refractivity contribution in [2.24, 2.45) is 5.92 Å². The molecule has 84 valence electrons. The lowest BCUT2D eigenvalue weighted by Crippen LogP contribution is -2.38. The Bertz CT molecular complexity index is 144. The Kier molecular flexibility index (Phi) is 5.45. The molecule has 1 saturated heterocycles. The molecule has 1 heterocycles. The highest BCUT2D eigenvalue weighted by atomic mass is 16.5. The van der Waals surface area contributed by atoms with Crippen LogP contribution in [0.2, 0.25) is 0 Å². The molecule has 0 radical (unpaired) electrons. The van der Waals surface area contributed by atoms with Gasteiger partial charge in [0.1, 0.15) is 0 Å². The molecule has 1 N–H and O–H groups in total. The van der Waals surface area contributed by atoms with Crippen molar-refractivity contribution < 1.29 is 4.74 Å². The molecule has 14 heavy (non-hydrogen) atoms. The predicted molar refractivity (Wildman–Crippen MR) is 59.6 cm³/mol. The Labute approximate surface area is 87.8 Å². The highest BCUT2D eigenvalue weighted by Crippen LogP contribution is 2.18. The first kappa shape index (κ1) is 12.0. The summed E-state index contributed by atoms with van der Waals surface area (Å²) in [5.41, 5.74) is 0. The van der Waals surface area contributed by atoms with Crippen LogP contribution in [0.4, 0.5) is 0 Å². The van der Waals surface area contributed by atoms with E-state index >= 15 is 0 Å². The van der Waals surface area contributed by atoms with Crippen molar-refractivity contribution in [3.8, 4) is 0 Å². The van der Waals surface area contributed by atoms with Gasteiger partial charge in [-0.25, -0.2) is 0 Å². The normalized spacial score (nSPS) is 24.4. The van der Waals surface area contributed by atoms with Crippen molar-refractivity contribution in [3.05, 3.63) is 0 Å². The molecule has 3 nitrogen and oxygen atoms in total. The second-order valence-electron chi connectivity index (χ2n) is 4.38. The number of nitrogens with one attached hydrogen (secondary N) is 1. The third-order valence-electron chi connectivity index (χ3n) is 2.89. The van der Waals surface area contributed by atoms with Crippen LogP contribution in [-0.2, 0) is 4.74 Å². The summed E-state index contributed by atoms with van der Waals surface area (Å²) >= 11 is 0. The molecule has 0 spiro atoms. The van der Waals surface area contributed by atoms with Gasteiger partial charge in [-0.15, -0.1) is 0 Å². The molecular formula is C11H24N2O. The highest BCUT2D eigenvalue weighted by Gasteiger charge is 2.24. The summed E-state index contributed by atoms with van der Waals surface area (Å²) < 4.78 is 5.44. The summed E-state index contributed by atoms with van der Waals surface area (Å²) in [7, 11) is 4.27. The molecule has 0 bridgehead atoms. The van der Waals surface area contributed by atoms with Crippen LogP contribution in [0.3, 0.4) is 0 Å². The van der Waals surface area contributed by atoms with Gasteiger partial charge in [-0.05, 0) is 45.9 Å². The monoisotopic (exact) mass is 200 g/mol. The summed E-state index contributed by atoms with van der Waals surface area (Å²) in [6, 6.07) is 0.643. The summed E-state index contributed by atoms with van der Waals surface area (Å²) in [5.74, 6) is 0.731. The lowest BCUT2D eigenvalue weighted by Gasteiger charge is -2.24. The minimum atomic E-state index is 0.643. The molecule has 2 unspecified atom stereocenters. The zero-order valence-electron chi connectivity index (χ0n) is 9.75. The predicted octanol–water partition coefficient (Wildman–Crippen LogP) is 0.953. The van der Waals surface area contributed by atoms with Crippen LogP contribution in [0, 0.1) is 5.92 Å². The number of hydrogen-bond donors (Lipinski definition) is 1. The molecule has 0 amide bonds. The molecule has 3 heteroatoms. The van der Waals surface area contributed by atoms with Crippen molar-refractivity contribution in [2.75, 3.05) is 40.4 Å². The fourth-order valence-corrected chi connectivity index (χ4v) is 2.03. The van der Waals surface area contributed by atoms with E-state index in [1.807, 2.05) is 0 Å². The number of nitrogens with zero attached hydrogens (tertiary/aromatic N) is 1. The number of ether oxygens (including phenoxy) is 1. The van der Waals surface area contributed by atoms with Crippen molar-refractivity contribution in [2.45, 2.75) is 25.8 Å². The van der Waals surface area contributed by atoms with Crippen LogP contribution < -0.4 is 5.32 Å². The minimum Gasteiger partial charge on any atom is -0.381 e. The molecule has 1 rings (SSSR count).